The molecule has 0 heterocycles. The molecule has 0 bridgehead atoms. The first-order valence-corrected chi connectivity index (χ1v) is 7.47. The Morgan fingerprint density at radius 2 is 1.89 bits per heavy atom. The Kier molecular flexibility index (Phi) is 6.69. The van der Waals surface area contributed by atoms with E-state index in [0.29, 0.717) is 23.9 Å². The fourth-order valence-electron chi connectivity index (χ4n) is 2.79. The van der Waals surface area contributed by atoms with E-state index in [1.54, 1.807) is 0 Å². The van der Waals surface area contributed by atoms with Gasteiger partial charge in [-0.3, -0.25) is 4.79 Å². The van der Waals surface area contributed by atoms with Gasteiger partial charge in [-0.2, -0.15) is 0 Å². The van der Waals surface area contributed by atoms with Gasteiger partial charge in [0.25, 0.3) is 0 Å². The molecule has 3 nitrogen and oxygen atoms in total. The summed E-state index contributed by atoms with van der Waals surface area (Å²) in [6.07, 6.45) is 7.62. The minimum atomic E-state index is 0.337. The molecule has 0 saturated heterocycles. The van der Waals surface area contributed by atoms with Gasteiger partial charge in [0.05, 0.1) is 0 Å². The van der Waals surface area contributed by atoms with Crippen LogP contribution in [0.25, 0.3) is 0 Å². The Morgan fingerprint density at radius 3 is 2.39 bits per heavy atom. The minimum Gasteiger partial charge on any atom is -0.343 e. The molecule has 106 valence electrons. The lowest BCUT2D eigenvalue weighted by atomic mass is 9.90. The SMILES string of the molecule is CNC1CCC(N(C)C(=O)CCCC(C)C)CC1. The quantitative estimate of drug-likeness (QED) is 0.790. The van der Waals surface area contributed by atoms with Crippen molar-refractivity contribution in [3.05, 3.63) is 0 Å². The van der Waals surface area contributed by atoms with Gasteiger partial charge in [0.1, 0.15) is 0 Å². The highest BCUT2D eigenvalue weighted by molar-refractivity contribution is 5.76. The van der Waals surface area contributed by atoms with Crippen molar-refractivity contribution >= 4 is 5.91 Å². The molecule has 1 N–H and O–H groups in total. The number of rotatable bonds is 6. The fourth-order valence-corrected chi connectivity index (χ4v) is 2.79. The van der Waals surface area contributed by atoms with Gasteiger partial charge >= 0.3 is 0 Å². The Bertz CT molecular complexity index is 245. The van der Waals surface area contributed by atoms with Crippen LogP contribution in [0.2, 0.25) is 0 Å². The first-order valence-electron chi connectivity index (χ1n) is 7.47. The minimum absolute atomic E-state index is 0.337. The van der Waals surface area contributed by atoms with Gasteiger partial charge < -0.3 is 10.2 Å². The zero-order valence-electron chi connectivity index (χ0n) is 12.5. The standard InChI is InChI=1S/C15H30N2O/c1-12(2)6-5-7-15(18)17(4)14-10-8-13(16-3)9-11-14/h12-14,16H,5-11H2,1-4H3. The summed E-state index contributed by atoms with van der Waals surface area (Å²) in [5.74, 6) is 1.04. The number of carbonyl (C=O) groups excluding carboxylic acids is 1. The number of amides is 1. The van der Waals surface area contributed by atoms with Gasteiger partial charge in [-0.1, -0.05) is 20.3 Å². The summed E-state index contributed by atoms with van der Waals surface area (Å²) in [5.41, 5.74) is 0. The van der Waals surface area contributed by atoms with Gasteiger partial charge in [0.15, 0.2) is 0 Å². The summed E-state index contributed by atoms with van der Waals surface area (Å²) in [4.78, 5) is 14.1. The van der Waals surface area contributed by atoms with E-state index >= 15 is 0 Å². The van der Waals surface area contributed by atoms with E-state index < -0.39 is 0 Å². The van der Waals surface area contributed by atoms with Gasteiger partial charge in [0, 0.05) is 25.6 Å². The van der Waals surface area contributed by atoms with Gasteiger partial charge in [-0.15, -0.1) is 0 Å². The van der Waals surface area contributed by atoms with Crippen molar-refractivity contribution in [1.82, 2.24) is 10.2 Å². The molecule has 1 aliphatic rings. The van der Waals surface area contributed by atoms with Crippen molar-refractivity contribution in [3.63, 3.8) is 0 Å². The third-order valence-corrected chi connectivity index (χ3v) is 4.22. The molecular weight excluding hydrogens is 224 g/mol. The molecular formula is C15H30N2O. The zero-order chi connectivity index (χ0) is 13.5. The number of hydrogen-bond donors (Lipinski definition) is 1. The van der Waals surface area contributed by atoms with Crippen LogP contribution in [0, 0.1) is 5.92 Å². The first kappa shape index (κ1) is 15.5. The number of nitrogens with zero attached hydrogens (tertiary/aromatic N) is 1. The maximum Gasteiger partial charge on any atom is 0.222 e. The first-order chi connectivity index (χ1) is 8.54. The summed E-state index contributed by atoms with van der Waals surface area (Å²) in [7, 11) is 4.02. The van der Waals surface area contributed by atoms with E-state index in [2.05, 4.69) is 19.2 Å². The molecule has 0 aromatic rings. The topological polar surface area (TPSA) is 32.3 Å². The summed E-state index contributed by atoms with van der Waals surface area (Å²) >= 11 is 0. The summed E-state index contributed by atoms with van der Waals surface area (Å²) in [6, 6.07) is 1.13. The molecule has 1 rings (SSSR count). The molecule has 1 amide bonds. The lowest BCUT2D eigenvalue weighted by Crippen LogP contribution is -2.42. The number of hydrogen-bond acceptors (Lipinski definition) is 2. The molecule has 1 aliphatic carbocycles. The third-order valence-electron chi connectivity index (χ3n) is 4.22. The van der Waals surface area contributed by atoms with E-state index in [1.165, 1.54) is 12.8 Å². The van der Waals surface area contributed by atoms with Crippen molar-refractivity contribution in [2.45, 2.75) is 70.9 Å². The zero-order valence-corrected chi connectivity index (χ0v) is 12.5. The van der Waals surface area contributed by atoms with Crippen molar-refractivity contribution in [1.29, 1.82) is 0 Å². The summed E-state index contributed by atoms with van der Waals surface area (Å²) in [5, 5.41) is 3.34. The van der Waals surface area contributed by atoms with E-state index in [0.717, 1.165) is 32.1 Å². The lowest BCUT2D eigenvalue weighted by molar-refractivity contribution is -0.132. The van der Waals surface area contributed by atoms with Crippen LogP contribution < -0.4 is 5.32 Å². The molecule has 0 spiro atoms. The smallest absolute Gasteiger partial charge is 0.222 e. The van der Waals surface area contributed by atoms with Gasteiger partial charge in [-0.05, 0) is 45.1 Å². The average Bonchev–Trinajstić information content (AvgIpc) is 2.37. The van der Waals surface area contributed by atoms with Crippen LogP contribution in [-0.4, -0.2) is 37.0 Å². The molecule has 1 saturated carbocycles. The predicted octanol–water partition coefficient (Wildman–Crippen LogP) is 2.80. The van der Waals surface area contributed by atoms with E-state index in [4.69, 9.17) is 0 Å². The van der Waals surface area contributed by atoms with Crippen molar-refractivity contribution in [2.75, 3.05) is 14.1 Å². The highest BCUT2D eigenvalue weighted by atomic mass is 16.2. The van der Waals surface area contributed by atoms with Crippen LogP contribution in [0.4, 0.5) is 0 Å². The van der Waals surface area contributed by atoms with Crippen LogP contribution in [0.15, 0.2) is 0 Å². The Labute approximate surface area is 112 Å². The van der Waals surface area contributed by atoms with Crippen molar-refractivity contribution in [2.24, 2.45) is 5.92 Å². The number of nitrogens with one attached hydrogen (secondary N) is 1. The second-order valence-electron chi connectivity index (χ2n) is 6.08. The second kappa shape index (κ2) is 7.78. The largest absolute Gasteiger partial charge is 0.343 e. The number of carbonyl (C=O) groups is 1. The van der Waals surface area contributed by atoms with E-state index in [1.807, 2.05) is 19.0 Å². The second-order valence-corrected chi connectivity index (χ2v) is 6.08. The molecule has 1 fully saturated rings. The van der Waals surface area contributed by atoms with Crippen molar-refractivity contribution in [3.8, 4) is 0 Å². The Hall–Kier alpha value is -0.570. The molecule has 0 radical (unpaired) electrons. The maximum absolute atomic E-state index is 12.1. The summed E-state index contributed by atoms with van der Waals surface area (Å²) < 4.78 is 0. The predicted molar refractivity (Wildman–Crippen MR) is 76.6 cm³/mol. The Morgan fingerprint density at radius 1 is 1.28 bits per heavy atom. The maximum atomic E-state index is 12.1. The molecule has 0 atom stereocenters. The average molecular weight is 254 g/mol. The fraction of sp³-hybridized carbons (Fsp3) is 0.933. The van der Waals surface area contributed by atoms with E-state index in [9.17, 15) is 4.79 Å². The third kappa shape index (κ3) is 4.97. The van der Waals surface area contributed by atoms with Gasteiger partial charge in [0.2, 0.25) is 5.91 Å². The van der Waals surface area contributed by atoms with Crippen LogP contribution >= 0.6 is 0 Å². The molecule has 0 unspecified atom stereocenters. The monoisotopic (exact) mass is 254 g/mol. The lowest BCUT2D eigenvalue weighted by Gasteiger charge is -2.34. The molecule has 0 aromatic heterocycles. The highest BCUT2D eigenvalue weighted by Crippen LogP contribution is 2.23. The molecule has 0 aliphatic heterocycles. The van der Waals surface area contributed by atoms with Crippen LogP contribution in [0.5, 0.6) is 0 Å². The van der Waals surface area contributed by atoms with Crippen LogP contribution in [0.3, 0.4) is 0 Å². The summed E-state index contributed by atoms with van der Waals surface area (Å²) in [6.45, 7) is 4.43. The molecule has 18 heavy (non-hydrogen) atoms. The molecule has 0 aromatic carbocycles. The normalized spacial score (nSPS) is 24.3. The van der Waals surface area contributed by atoms with Gasteiger partial charge in [-0.25, -0.2) is 0 Å². The van der Waals surface area contributed by atoms with Crippen LogP contribution in [-0.2, 0) is 4.79 Å². The Balaban J connectivity index is 2.26. The highest BCUT2D eigenvalue weighted by Gasteiger charge is 2.25. The van der Waals surface area contributed by atoms with Crippen molar-refractivity contribution < 1.29 is 4.79 Å². The van der Waals surface area contributed by atoms with Crippen LogP contribution in [0.1, 0.15) is 58.8 Å². The van der Waals surface area contributed by atoms with E-state index in [-0.39, 0.29) is 0 Å². The molecule has 3 heteroatoms.